The quantitative estimate of drug-likeness (QED) is 0.732. The number of hydrogen-bond acceptors (Lipinski definition) is 4. The molecule has 0 atom stereocenters. The van der Waals surface area contributed by atoms with Crippen molar-refractivity contribution in [2.24, 2.45) is 0 Å². The lowest BCUT2D eigenvalue weighted by Gasteiger charge is -2.17. The van der Waals surface area contributed by atoms with Crippen molar-refractivity contribution in [2.75, 3.05) is 23.4 Å². The number of nitrogens with zero attached hydrogens (tertiary/aromatic N) is 2. The topological polar surface area (TPSA) is 54.5 Å². The third-order valence-electron chi connectivity index (χ3n) is 4.57. The Hall–Kier alpha value is -3.34. The molecule has 1 aromatic heterocycles. The van der Waals surface area contributed by atoms with Crippen molar-refractivity contribution in [1.82, 2.24) is 4.98 Å². The van der Waals surface area contributed by atoms with Crippen LogP contribution in [0.5, 0.6) is 5.75 Å². The highest BCUT2D eigenvalue weighted by atomic mass is 16.5. The van der Waals surface area contributed by atoms with E-state index < -0.39 is 0 Å². The summed E-state index contributed by atoms with van der Waals surface area (Å²) in [7, 11) is 0. The van der Waals surface area contributed by atoms with Gasteiger partial charge in [-0.2, -0.15) is 0 Å². The van der Waals surface area contributed by atoms with Crippen molar-refractivity contribution in [3.05, 3.63) is 78.1 Å². The van der Waals surface area contributed by atoms with E-state index in [4.69, 9.17) is 4.74 Å². The van der Waals surface area contributed by atoms with Crippen LogP contribution in [0.15, 0.2) is 66.9 Å². The molecule has 0 radical (unpaired) electrons. The van der Waals surface area contributed by atoms with Gasteiger partial charge < -0.3 is 15.0 Å². The van der Waals surface area contributed by atoms with Gasteiger partial charge >= 0.3 is 0 Å². The molecule has 0 spiro atoms. The third-order valence-corrected chi connectivity index (χ3v) is 4.57. The normalized spacial score (nSPS) is 12.6. The number of benzene rings is 2. The minimum absolute atomic E-state index is 0.0738. The number of anilines is 3. The molecule has 0 unspecified atom stereocenters. The zero-order valence-corrected chi connectivity index (χ0v) is 15.2. The van der Waals surface area contributed by atoms with E-state index >= 15 is 0 Å². The number of aromatic nitrogens is 1. The molecule has 27 heavy (non-hydrogen) atoms. The molecule has 5 nitrogen and oxygen atoms in total. The zero-order chi connectivity index (χ0) is 18.6. The number of carbonyl (C=O) groups excluding carboxylic acids is 1. The average Bonchev–Trinajstić information content (AvgIpc) is 3.13. The highest BCUT2D eigenvalue weighted by Gasteiger charge is 2.25. The summed E-state index contributed by atoms with van der Waals surface area (Å²) in [6, 6.07) is 19.4. The molecule has 1 amide bonds. The lowest BCUT2D eigenvalue weighted by atomic mass is 10.2. The van der Waals surface area contributed by atoms with Gasteiger partial charge in [-0.3, -0.25) is 9.78 Å². The highest BCUT2D eigenvalue weighted by molar-refractivity contribution is 6.06. The molecule has 0 aliphatic carbocycles. The van der Waals surface area contributed by atoms with Gasteiger partial charge in [0.25, 0.3) is 5.91 Å². The van der Waals surface area contributed by atoms with E-state index in [9.17, 15) is 4.79 Å². The second-order valence-corrected chi connectivity index (χ2v) is 6.35. The van der Waals surface area contributed by atoms with E-state index in [1.165, 1.54) is 5.56 Å². The maximum absolute atomic E-state index is 13.0. The Morgan fingerprint density at radius 1 is 1.11 bits per heavy atom. The second-order valence-electron chi connectivity index (χ2n) is 6.35. The number of nitrogens with one attached hydrogen (secondary N) is 1. The fourth-order valence-corrected chi connectivity index (χ4v) is 3.28. The standard InChI is InChI=1S/C22H21N3O2/c1-2-27-19-9-7-17(8-10-19)24-18-11-13-23-20(15-18)22(26)25-14-12-16-5-3-4-6-21(16)25/h3-11,13,15H,2,12,14H2,1H3,(H,23,24). The van der Waals surface area contributed by atoms with Crippen molar-refractivity contribution in [3.8, 4) is 5.75 Å². The van der Waals surface area contributed by atoms with Gasteiger partial charge in [0, 0.05) is 29.8 Å². The molecule has 2 aromatic carbocycles. The number of fused-ring (bicyclic) bond motifs is 1. The zero-order valence-electron chi connectivity index (χ0n) is 15.2. The van der Waals surface area contributed by atoms with Gasteiger partial charge in [-0.05, 0) is 61.4 Å². The molecule has 136 valence electrons. The van der Waals surface area contributed by atoms with E-state index in [1.807, 2.05) is 55.5 Å². The van der Waals surface area contributed by atoms with Crippen LogP contribution in [0.3, 0.4) is 0 Å². The Kier molecular flexibility index (Phi) is 4.75. The molecule has 0 bridgehead atoms. The molecule has 1 aliphatic rings. The van der Waals surface area contributed by atoms with Crippen molar-refractivity contribution in [2.45, 2.75) is 13.3 Å². The first-order valence-electron chi connectivity index (χ1n) is 9.10. The predicted octanol–water partition coefficient (Wildman–Crippen LogP) is 4.43. The molecule has 0 saturated heterocycles. The van der Waals surface area contributed by atoms with Crippen LogP contribution in [0.4, 0.5) is 17.1 Å². The van der Waals surface area contributed by atoms with Crippen LogP contribution < -0.4 is 15.0 Å². The van der Waals surface area contributed by atoms with E-state index in [0.29, 0.717) is 18.8 Å². The van der Waals surface area contributed by atoms with Gasteiger partial charge in [0.1, 0.15) is 11.4 Å². The summed E-state index contributed by atoms with van der Waals surface area (Å²) in [6.45, 7) is 3.29. The number of carbonyl (C=O) groups is 1. The van der Waals surface area contributed by atoms with Crippen LogP contribution in [0.25, 0.3) is 0 Å². The maximum Gasteiger partial charge on any atom is 0.276 e. The number of para-hydroxylation sites is 1. The SMILES string of the molecule is CCOc1ccc(Nc2ccnc(C(=O)N3CCc4ccccc43)c2)cc1. The Labute approximate surface area is 158 Å². The summed E-state index contributed by atoms with van der Waals surface area (Å²) >= 11 is 0. The highest BCUT2D eigenvalue weighted by Crippen LogP contribution is 2.29. The fourth-order valence-electron chi connectivity index (χ4n) is 3.28. The first-order chi connectivity index (χ1) is 13.2. The van der Waals surface area contributed by atoms with Crippen molar-refractivity contribution in [1.29, 1.82) is 0 Å². The molecule has 5 heteroatoms. The van der Waals surface area contributed by atoms with E-state index in [2.05, 4.69) is 16.4 Å². The van der Waals surface area contributed by atoms with Crippen molar-refractivity contribution >= 4 is 23.0 Å². The van der Waals surface area contributed by atoms with Crippen LogP contribution in [0.1, 0.15) is 23.0 Å². The molecule has 2 heterocycles. The third kappa shape index (κ3) is 3.62. The van der Waals surface area contributed by atoms with Gasteiger partial charge in [-0.1, -0.05) is 18.2 Å². The molecule has 1 aliphatic heterocycles. The minimum Gasteiger partial charge on any atom is -0.494 e. The summed E-state index contributed by atoms with van der Waals surface area (Å²) in [5.74, 6) is 0.761. The monoisotopic (exact) mass is 359 g/mol. The fraction of sp³-hybridized carbons (Fsp3) is 0.182. The van der Waals surface area contributed by atoms with Gasteiger partial charge in [-0.25, -0.2) is 0 Å². The number of amides is 1. The number of hydrogen-bond donors (Lipinski definition) is 1. The van der Waals surface area contributed by atoms with E-state index in [-0.39, 0.29) is 5.91 Å². The molecular weight excluding hydrogens is 338 g/mol. The van der Waals surface area contributed by atoms with Crippen molar-refractivity contribution < 1.29 is 9.53 Å². The molecule has 0 fully saturated rings. The Morgan fingerprint density at radius 3 is 2.74 bits per heavy atom. The summed E-state index contributed by atoms with van der Waals surface area (Å²) in [4.78, 5) is 19.0. The predicted molar refractivity (Wildman–Crippen MR) is 107 cm³/mol. The van der Waals surface area contributed by atoms with E-state index in [0.717, 1.165) is 29.2 Å². The summed E-state index contributed by atoms with van der Waals surface area (Å²) < 4.78 is 5.46. The molecule has 4 rings (SSSR count). The van der Waals surface area contributed by atoms with E-state index in [1.54, 1.807) is 17.2 Å². The van der Waals surface area contributed by atoms with Gasteiger partial charge in [0.2, 0.25) is 0 Å². The van der Waals surface area contributed by atoms with Crippen LogP contribution >= 0.6 is 0 Å². The minimum atomic E-state index is -0.0738. The summed E-state index contributed by atoms with van der Waals surface area (Å²) in [5.41, 5.74) is 4.37. The lowest BCUT2D eigenvalue weighted by molar-refractivity contribution is 0.0984. The molecular formula is C22H21N3O2. The Balaban J connectivity index is 1.52. The number of pyridine rings is 1. The Morgan fingerprint density at radius 2 is 1.93 bits per heavy atom. The average molecular weight is 359 g/mol. The van der Waals surface area contributed by atoms with Crippen LogP contribution in [0.2, 0.25) is 0 Å². The number of rotatable bonds is 5. The van der Waals surface area contributed by atoms with Gasteiger partial charge in [0.05, 0.1) is 6.61 Å². The smallest absolute Gasteiger partial charge is 0.276 e. The Bertz CT molecular complexity index is 954. The first-order valence-corrected chi connectivity index (χ1v) is 9.10. The van der Waals surface area contributed by atoms with Crippen LogP contribution in [-0.4, -0.2) is 24.0 Å². The molecule has 1 N–H and O–H groups in total. The molecule has 3 aromatic rings. The lowest BCUT2D eigenvalue weighted by Crippen LogP contribution is -2.29. The maximum atomic E-state index is 13.0. The summed E-state index contributed by atoms with van der Waals surface area (Å²) in [5, 5.41) is 3.31. The first kappa shape index (κ1) is 17.1. The van der Waals surface area contributed by atoms with Crippen molar-refractivity contribution in [3.63, 3.8) is 0 Å². The molecule has 0 saturated carbocycles. The largest absolute Gasteiger partial charge is 0.494 e. The van der Waals surface area contributed by atoms with Gasteiger partial charge in [0.15, 0.2) is 0 Å². The summed E-state index contributed by atoms with van der Waals surface area (Å²) in [6.07, 6.45) is 2.54. The van der Waals surface area contributed by atoms with Gasteiger partial charge in [-0.15, -0.1) is 0 Å². The van der Waals surface area contributed by atoms with Crippen LogP contribution in [0, 0.1) is 0 Å². The van der Waals surface area contributed by atoms with Crippen LogP contribution in [-0.2, 0) is 6.42 Å². The second kappa shape index (κ2) is 7.50. The number of ether oxygens (including phenoxy) is 1.